The Balaban J connectivity index is 0.000000467. The summed E-state index contributed by atoms with van der Waals surface area (Å²) in [6.45, 7) is 2.42. The molecule has 0 fully saturated rings. The lowest BCUT2D eigenvalue weighted by Crippen LogP contribution is -2.30. The van der Waals surface area contributed by atoms with E-state index in [1.54, 1.807) is 6.20 Å². The summed E-state index contributed by atoms with van der Waals surface area (Å²) in [5, 5.41) is 30.5. The molecule has 0 spiro atoms. The topological polar surface area (TPSA) is 189 Å². The molecule has 0 saturated carbocycles. The highest BCUT2D eigenvalue weighted by molar-refractivity contribution is 6.30. The van der Waals surface area contributed by atoms with Gasteiger partial charge in [-0.25, -0.2) is 14.4 Å². The number of hydrogen-bond donors (Lipinski definition) is 5. The monoisotopic (exact) mass is 734 g/mol. The van der Waals surface area contributed by atoms with E-state index >= 15 is 0 Å². The fourth-order valence-electron chi connectivity index (χ4n) is 3.16. The number of carbonyl (C=O) groups is 3. The minimum Gasteiger partial charge on any atom is -0.490 e. The van der Waals surface area contributed by atoms with Crippen LogP contribution >= 0.6 is 11.6 Å². The first-order valence-electron chi connectivity index (χ1n) is 12.8. The number of rotatable bonds is 6. The van der Waals surface area contributed by atoms with E-state index in [2.05, 4.69) is 21.2 Å². The van der Waals surface area contributed by atoms with E-state index in [1.165, 1.54) is 0 Å². The van der Waals surface area contributed by atoms with E-state index in [1.807, 2.05) is 55.6 Å². The van der Waals surface area contributed by atoms with Crippen LogP contribution < -0.4 is 10.5 Å². The molecule has 4 aromatic rings. The van der Waals surface area contributed by atoms with Crippen LogP contribution in [0.1, 0.15) is 11.3 Å². The van der Waals surface area contributed by atoms with Crippen LogP contribution in [0.3, 0.4) is 0 Å². The Kier molecular flexibility index (Phi) is 15.3. The quantitative estimate of drug-likeness (QED) is 0.138. The van der Waals surface area contributed by atoms with Crippen molar-refractivity contribution in [2.75, 3.05) is 6.61 Å². The Hall–Kier alpha value is -5.11. The van der Waals surface area contributed by atoms with Gasteiger partial charge in [0.2, 0.25) is 0 Å². The van der Waals surface area contributed by atoms with Gasteiger partial charge in [0.1, 0.15) is 12.4 Å². The minimum atomic E-state index is -5.08. The number of ether oxygens (including phenoxy) is 1. The molecule has 2 heterocycles. The number of fused-ring (bicyclic) bond motifs is 1. The molecule has 21 heteroatoms. The summed E-state index contributed by atoms with van der Waals surface area (Å²) in [4.78, 5) is 31.0. The molecule has 0 aliphatic rings. The number of hydrogen-bond acceptors (Lipinski definition) is 7. The van der Waals surface area contributed by atoms with Gasteiger partial charge in [0.15, 0.2) is 0 Å². The first kappa shape index (κ1) is 41.9. The van der Waals surface area contributed by atoms with Crippen LogP contribution in [0.2, 0.25) is 5.02 Å². The predicted octanol–water partition coefficient (Wildman–Crippen LogP) is 6.44. The molecule has 49 heavy (non-hydrogen) atoms. The van der Waals surface area contributed by atoms with Crippen LogP contribution in [-0.4, -0.2) is 79.6 Å². The normalized spacial score (nSPS) is 11.8. The Morgan fingerprint density at radius 2 is 1.31 bits per heavy atom. The molecular formula is C28H24ClF9N4O7. The zero-order chi connectivity index (χ0) is 37.7. The van der Waals surface area contributed by atoms with E-state index in [9.17, 15) is 39.5 Å². The van der Waals surface area contributed by atoms with Crippen molar-refractivity contribution < 1.29 is 74.0 Å². The minimum absolute atomic E-state index is 0.116. The van der Waals surface area contributed by atoms with Crippen LogP contribution in [0.15, 0.2) is 60.9 Å². The molecule has 0 bridgehead atoms. The van der Waals surface area contributed by atoms with Crippen molar-refractivity contribution in [3.8, 4) is 16.9 Å². The third kappa shape index (κ3) is 15.6. The van der Waals surface area contributed by atoms with Crippen LogP contribution in [-0.2, 0) is 20.8 Å². The number of alkyl halides is 9. The Morgan fingerprint density at radius 3 is 1.78 bits per heavy atom. The van der Waals surface area contributed by atoms with Crippen molar-refractivity contribution in [3.63, 3.8) is 0 Å². The van der Waals surface area contributed by atoms with Crippen LogP contribution in [0.4, 0.5) is 39.5 Å². The summed E-state index contributed by atoms with van der Waals surface area (Å²) in [6.07, 6.45) is -11.0. The summed E-state index contributed by atoms with van der Waals surface area (Å²) in [6, 6.07) is 15.7. The SMILES string of the molecule is Cc1[nH]nc2ccc(-c3cncc(OC[C@@H](N)Cc4ccc(Cl)cc4)c3)cc12.O=C(O)C(F)(F)F.O=C(O)C(F)(F)F.O=C(O)C(F)(F)F. The highest BCUT2D eigenvalue weighted by Crippen LogP contribution is 2.27. The zero-order valence-electron chi connectivity index (χ0n) is 24.5. The van der Waals surface area contributed by atoms with Crippen molar-refractivity contribution in [1.29, 1.82) is 0 Å². The molecule has 0 unspecified atom stereocenters. The van der Waals surface area contributed by atoms with Gasteiger partial charge in [-0.3, -0.25) is 10.1 Å². The van der Waals surface area contributed by atoms with Crippen LogP contribution in [0, 0.1) is 6.92 Å². The van der Waals surface area contributed by atoms with Crippen molar-refractivity contribution in [2.45, 2.75) is 37.9 Å². The number of nitrogens with one attached hydrogen (secondary N) is 1. The molecule has 268 valence electrons. The van der Waals surface area contributed by atoms with Crippen molar-refractivity contribution in [2.24, 2.45) is 5.73 Å². The maximum atomic E-state index is 10.6. The standard InChI is InChI=1S/C22H21ClN4O.3C2HF3O2/c1-14-21-10-16(4-7-22(21)27-26-14)17-9-20(12-25-11-17)28-13-19(24)8-15-2-5-18(23)6-3-15;3*3-2(4,5)1(6)7/h2-7,9-12,19H,8,13,24H2,1H3,(H,26,27);3*(H,6,7)/t19-;;;/m0.../s1. The van der Waals surface area contributed by atoms with Gasteiger partial charge < -0.3 is 25.8 Å². The van der Waals surface area contributed by atoms with Crippen LogP contribution in [0.5, 0.6) is 5.75 Å². The van der Waals surface area contributed by atoms with E-state index in [0.29, 0.717) is 12.4 Å². The lowest BCUT2D eigenvalue weighted by molar-refractivity contribution is -0.193. The molecule has 4 rings (SSSR count). The average molecular weight is 735 g/mol. The van der Waals surface area contributed by atoms with Gasteiger partial charge in [0.25, 0.3) is 0 Å². The number of nitrogens with two attached hydrogens (primary N) is 1. The Bertz CT molecular complexity index is 1640. The molecular weight excluding hydrogens is 711 g/mol. The maximum Gasteiger partial charge on any atom is 0.490 e. The second-order valence-electron chi connectivity index (χ2n) is 9.30. The van der Waals surface area contributed by atoms with Gasteiger partial charge in [-0.15, -0.1) is 0 Å². The average Bonchev–Trinajstić information content (AvgIpc) is 3.36. The lowest BCUT2D eigenvalue weighted by Gasteiger charge is -2.14. The molecule has 0 amide bonds. The predicted molar refractivity (Wildman–Crippen MR) is 154 cm³/mol. The summed E-state index contributed by atoms with van der Waals surface area (Å²) < 4.78 is 101. The van der Waals surface area contributed by atoms with Gasteiger partial charge >= 0.3 is 36.4 Å². The van der Waals surface area contributed by atoms with E-state index in [0.717, 1.165) is 44.7 Å². The van der Waals surface area contributed by atoms with Crippen molar-refractivity contribution in [3.05, 3.63) is 77.2 Å². The number of halogens is 10. The third-order valence-electron chi connectivity index (χ3n) is 5.39. The van der Waals surface area contributed by atoms with Gasteiger partial charge in [-0.2, -0.15) is 44.6 Å². The Morgan fingerprint density at radius 1 is 0.816 bits per heavy atom. The molecule has 2 aromatic heterocycles. The Labute approximate surface area is 274 Å². The van der Waals surface area contributed by atoms with Gasteiger partial charge in [0, 0.05) is 33.9 Å². The molecule has 0 aliphatic carbocycles. The summed E-state index contributed by atoms with van der Waals surface area (Å²) >= 11 is 5.92. The number of aryl methyl sites for hydroxylation is 1. The summed E-state index contributed by atoms with van der Waals surface area (Å²) in [5.41, 5.74) is 11.4. The molecule has 2 aromatic carbocycles. The van der Waals surface area contributed by atoms with E-state index < -0.39 is 36.4 Å². The number of benzene rings is 2. The summed E-state index contributed by atoms with van der Waals surface area (Å²) in [5.74, 6) is -7.57. The number of H-pyrrole nitrogens is 1. The van der Waals surface area contributed by atoms with Crippen molar-refractivity contribution >= 4 is 40.4 Å². The molecule has 0 saturated heterocycles. The largest absolute Gasteiger partial charge is 0.490 e. The van der Waals surface area contributed by atoms with Gasteiger partial charge in [0.05, 0.1) is 11.7 Å². The number of aromatic nitrogens is 3. The first-order chi connectivity index (χ1) is 22.4. The number of pyridine rings is 1. The first-order valence-corrected chi connectivity index (χ1v) is 13.2. The number of carboxylic acid groups (broad SMARTS) is 3. The van der Waals surface area contributed by atoms with Crippen LogP contribution in [0.25, 0.3) is 22.0 Å². The highest BCUT2D eigenvalue weighted by Gasteiger charge is 2.39. The number of carboxylic acids is 3. The maximum absolute atomic E-state index is 10.6. The van der Waals surface area contributed by atoms with Gasteiger partial charge in [-0.1, -0.05) is 29.8 Å². The number of aliphatic carboxylic acids is 3. The fraction of sp³-hybridized carbons (Fsp3) is 0.250. The lowest BCUT2D eigenvalue weighted by atomic mass is 10.0. The molecule has 11 nitrogen and oxygen atoms in total. The number of nitrogens with zero attached hydrogens (tertiary/aromatic N) is 2. The molecule has 6 N–H and O–H groups in total. The molecule has 1 atom stereocenters. The number of aromatic amines is 1. The second-order valence-corrected chi connectivity index (χ2v) is 9.74. The highest BCUT2D eigenvalue weighted by atomic mass is 35.5. The zero-order valence-corrected chi connectivity index (χ0v) is 25.2. The smallest absolute Gasteiger partial charge is 0.490 e. The van der Waals surface area contributed by atoms with E-state index in [-0.39, 0.29) is 6.04 Å². The fourth-order valence-corrected chi connectivity index (χ4v) is 3.28. The second kappa shape index (κ2) is 17.9. The summed E-state index contributed by atoms with van der Waals surface area (Å²) in [7, 11) is 0. The van der Waals surface area contributed by atoms with Gasteiger partial charge in [-0.05, 0) is 54.8 Å². The molecule has 0 aliphatic heterocycles. The van der Waals surface area contributed by atoms with E-state index in [4.69, 9.17) is 51.8 Å². The molecule has 0 radical (unpaired) electrons. The third-order valence-corrected chi connectivity index (χ3v) is 5.65. The van der Waals surface area contributed by atoms with Crippen molar-refractivity contribution in [1.82, 2.24) is 15.2 Å².